The van der Waals surface area contributed by atoms with Crippen LogP contribution in [0.1, 0.15) is 16.2 Å². The van der Waals surface area contributed by atoms with E-state index in [2.05, 4.69) is 15.3 Å². The van der Waals surface area contributed by atoms with Crippen molar-refractivity contribution in [2.45, 2.75) is 13.5 Å². The van der Waals surface area contributed by atoms with Crippen molar-refractivity contribution in [2.24, 2.45) is 0 Å². The Kier molecular flexibility index (Phi) is 4.81. The number of para-hydroxylation sites is 1. The van der Waals surface area contributed by atoms with Crippen LogP contribution in [-0.2, 0) is 16.1 Å². The summed E-state index contributed by atoms with van der Waals surface area (Å²) in [5.74, 6) is -0.593. The second-order valence-electron chi connectivity index (χ2n) is 6.27. The van der Waals surface area contributed by atoms with E-state index in [1.54, 1.807) is 43.5 Å². The van der Waals surface area contributed by atoms with Crippen molar-refractivity contribution < 1.29 is 14.3 Å². The number of aromatic nitrogens is 3. The normalized spacial score (nSPS) is 11.0. The number of benzene rings is 1. The number of carbonyl (C=O) groups is 2. The highest BCUT2D eigenvalue weighted by atomic mass is 32.1. The molecule has 0 atom stereocenters. The molecule has 3 heterocycles. The lowest BCUT2D eigenvalue weighted by atomic mass is 10.2. The van der Waals surface area contributed by atoms with Gasteiger partial charge in [0.25, 0.3) is 5.56 Å². The Balaban J connectivity index is 1.68. The number of thiophene rings is 1. The van der Waals surface area contributed by atoms with Crippen LogP contribution in [0.15, 0.2) is 47.4 Å². The lowest BCUT2D eigenvalue weighted by Crippen LogP contribution is -2.30. The van der Waals surface area contributed by atoms with Crippen molar-refractivity contribution >= 4 is 49.3 Å². The molecule has 0 fully saturated rings. The number of esters is 1. The van der Waals surface area contributed by atoms with Crippen molar-refractivity contribution in [1.29, 1.82) is 0 Å². The van der Waals surface area contributed by atoms with Crippen molar-refractivity contribution in [3.8, 4) is 0 Å². The second-order valence-corrected chi connectivity index (χ2v) is 7.27. The third kappa shape index (κ3) is 3.36. The molecule has 0 bridgehead atoms. The minimum atomic E-state index is -0.560. The summed E-state index contributed by atoms with van der Waals surface area (Å²) >= 11 is 1.25. The van der Waals surface area contributed by atoms with E-state index in [-0.39, 0.29) is 17.7 Å². The largest absolute Gasteiger partial charge is 0.465 e. The number of fused-ring (bicyclic) bond motifs is 3. The van der Waals surface area contributed by atoms with E-state index in [0.29, 0.717) is 21.7 Å². The standard InChI is InChI=1S/C20H16N4O4S/c1-11-22-16-13-7-5-9-21-18(13)29-17(16)19(26)24(11)10-15(25)23-14-8-4-3-6-12(14)20(27)28-2/h3-9H,10H2,1-2H3,(H,23,25). The van der Waals surface area contributed by atoms with Gasteiger partial charge in [-0.05, 0) is 31.2 Å². The number of carbonyl (C=O) groups excluding carboxylic acids is 2. The van der Waals surface area contributed by atoms with Gasteiger partial charge < -0.3 is 10.1 Å². The number of nitrogens with zero attached hydrogens (tertiary/aromatic N) is 3. The maximum atomic E-state index is 13.0. The van der Waals surface area contributed by atoms with Gasteiger partial charge in [0.1, 0.15) is 21.9 Å². The minimum Gasteiger partial charge on any atom is -0.465 e. The summed E-state index contributed by atoms with van der Waals surface area (Å²) in [6.07, 6.45) is 1.66. The first-order chi connectivity index (χ1) is 14.0. The number of ether oxygens (including phenoxy) is 1. The molecule has 3 aromatic heterocycles. The van der Waals surface area contributed by atoms with Gasteiger partial charge in [-0.15, -0.1) is 11.3 Å². The zero-order chi connectivity index (χ0) is 20.5. The lowest BCUT2D eigenvalue weighted by Gasteiger charge is -2.12. The van der Waals surface area contributed by atoms with Gasteiger partial charge in [-0.25, -0.2) is 14.8 Å². The summed E-state index contributed by atoms with van der Waals surface area (Å²) in [4.78, 5) is 47.0. The molecule has 0 saturated carbocycles. The first kappa shape index (κ1) is 18.8. The Morgan fingerprint density at radius 2 is 2.00 bits per heavy atom. The molecule has 4 aromatic rings. The summed E-state index contributed by atoms with van der Waals surface area (Å²) in [7, 11) is 1.27. The molecule has 0 aliphatic heterocycles. The number of pyridine rings is 1. The fraction of sp³-hybridized carbons (Fsp3) is 0.150. The molecule has 4 rings (SSSR count). The van der Waals surface area contributed by atoms with E-state index >= 15 is 0 Å². The van der Waals surface area contributed by atoms with Gasteiger partial charge >= 0.3 is 5.97 Å². The fourth-order valence-corrected chi connectivity index (χ4v) is 4.10. The number of aryl methyl sites for hydroxylation is 1. The van der Waals surface area contributed by atoms with E-state index < -0.39 is 11.9 Å². The Morgan fingerprint density at radius 1 is 1.21 bits per heavy atom. The number of hydrogen-bond acceptors (Lipinski definition) is 7. The third-order valence-electron chi connectivity index (χ3n) is 4.45. The average molecular weight is 408 g/mol. The molecule has 9 heteroatoms. The smallest absolute Gasteiger partial charge is 0.339 e. The zero-order valence-corrected chi connectivity index (χ0v) is 16.4. The predicted octanol–water partition coefficient (Wildman–Crippen LogP) is 2.74. The molecule has 0 aliphatic carbocycles. The van der Waals surface area contributed by atoms with Gasteiger partial charge in [0.05, 0.1) is 23.9 Å². The van der Waals surface area contributed by atoms with Gasteiger partial charge in [0.15, 0.2) is 0 Å². The Bertz CT molecular complexity index is 1330. The summed E-state index contributed by atoms with van der Waals surface area (Å²) in [5, 5.41) is 3.48. The van der Waals surface area contributed by atoms with Gasteiger partial charge in [-0.1, -0.05) is 12.1 Å². The first-order valence-corrected chi connectivity index (χ1v) is 9.53. The van der Waals surface area contributed by atoms with Crippen molar-refractivity contribution in [1.82, 2.24) is 14.5 Å². The van der Waals surface area contributed by atoms with Crippen LogP contribution in [0, 0.1) is 6.92 Å². The summed E-state index contributed by atoms with van der Waals surface area (Å²) < 4.78 is 6.50. The molecule has 146 valence electrons. The third-order valence-corrected chi connectivity index (χ3v) is 5.54. The molecule has 0 saturated heterocycles. The van der Waals surface area contributed by atoms with Crippen LogP contribution in [0.5, 0.6) is 0 Å². The molecular weight excluding hydrogens is 392 g/mol. The van der Waals surface area contributed by atoms with Crippen LogP contribution in [0.4, 0.5) is 5.69 Å². The van der Waals surface area contributed by atoms with Gasteiger partial charge in [0, 0.05) is 11.6 Å². The average Bonchev–Trinajstić information content (AvgIpc) is 3.10. The molecule has 0 aliphatic rings. The highest BCUT2D eigenvalue weighted by Crippen LogP contribution is 2.28. The highest BCUT2D eigenvalue weighted by Gasteiger charge is 2.18. The molecule has 0 spiro atoms. The molecular formula is C20H16N4O4S. The Labute approximate surface area is 168 Å². The van der Waals surface area contributed by atoms with Crippen LogP contribution in [0.3, 0.4) is 0 Å². The SMILES string of the molecule is COC(=O)c1ccccc1NC(=O)Cn1c(C)nc2c(sc3ncccc32)c1=O. The monoisotopic (exact) mass is 408 g/mol. The van der Waals surface area contributed by atoms with Gasteiger partial charge in [-0.3, -0.25) is 14.2 Å². The second kappa shape index (κ2) is 7.44. The number of hydrogen-bond donors (Lipinski definition) is 1. The summed E-state index contributed by atoms with van der Waals surface area (Å²) in [6, 6.07) is 10.2. The quantitative estimate of drug-likeness (QED) is 0.521. The number of anilines is 1. The summed E-state index contributed by atoms with van der Waals surface area (Å²) in [6.45, 7) is 1.45. The number of methoxy groups -OCH3 is 1. The van der Waals surface area contributed by atoms with E-state index in [1.165, 1.54) is 23.0 Å². The van der Waals surface area contributed by atoms with E-state index in [0.717, 1.165) is 10.2 Å². The Hall–Kier alpha value is -3.59. The summed E-state index contributed by atoms with van der Waals surface area (Å²) in [5.41, 5.74) is 0.840. The van der Waals surface area contributed by atoms with Gasteiger partial charge in [0.2, 0.25) is 5.91 Å². The minimum absolute atomic E-state index is 0.231. The van der Waals surface area contributed by atoms with E-state index in [4.69, 9.17) is 4.74 Å². The Morgan fingerprint density at radius 3 is 2.79 bits per heavy atom. The number of amides is 1. The maximum absolute atomic E-state index is 13.0. The molecule has 1 N–H and O–H groups in total. The fourth-order valence-electron chi connectivity index (χ4n) is 3.07. The van der Waals surface area contributed by atoms with E-state index in [1.807, 2.05) is 6.07 Å². The molecule has 29 heavy (non-hydrogen) atoms. The van der Waals surface area contributed by atoms with Crippen molar-refractivity contribution in [2.75, 3.05) is 12.4 Å². The predicted molar refractivity (Wildman–Crippen MR) is 110 cm³/mol. The van der Waals surface area contributed by atoms with Gasteiger partial charge in [-0.2, -0.15) is 0 Å². The molecule has 8 nitrogen and oxygen atoms in total. The molecule has 0 radical (unpaired) electrons. The zero-order valence-electron chi connectivity index (χ0n) is 15.6. The molecule has 1 aromatic carbocycles. The van der Waals surface area contributed by atoms with Crippen LogP contribution >= 0.6 is 11.3 Å². The van der Waals surface area contributed by atoms with Crippen molar-refractivity contribution in [3.63, 3.8) is 0 Å². The first-order valence-electron chi connectivity index (χ1n) is 8.71. The highest BCUT2D eigenvalue weighted by molar-refractivity contribution is 7.25. The lowest BCUT2D eigenvalue weighted by molar-refractivity contribution is -0.116. The van der Waals surface area contributed by atoms with Crippen molar-refractivity contribution in [3.05, 3.63) is 64.3 Å². The molecule has 0 unspecified atom stereocenters. The number of rotatable bonds is 4. The maximum Gasteiger partial charge on any atom is 0.339 e. The van der Waals surface area contributed by atoms with E-state index in [9.17, 15) is 14.4 Å². The van der Waals surface area contributed by atoms with Crippen LogP contribution in [0.2, 0.25) is 0 Å². The topological polar surface area (TPSA) is 103 Å². The molecule has 1 amide bonds. The van der Waals surface area contributed by atoms with Crippen LogP contribution < -0.4 is 10.9 Å². The number of nitrogens with one attached hydrogen (secondary N) is 1. The van der Waals surface area contributed by atoms with Crippen LogP contribution in [0.25, 0.3) is 20.4 Å². The van der Waals surface area contributed by atoms with Crippen LogP contribution in [-0.4, -0.2) is 33.5 Å².